The van der Waals surface area contributed by atoms with Crippen LogP contribution in [0.3, 0.4) is 0 Å². The van der Waals surface area contributed by atoms with Crippen LogP contribution in [0.1, 0.15) is 22.8 Å². The van der Waals surface area contributed by atoms with Gasteiger partial charge in [-0.2, -0.15) is 11.8 Å². The summed E-state index contributed by atoms with van der Waals surface area (Å²) in [6.45, 7) is 0. The third-order valence-electron chi connectivity index (χ3n) is 3.05. The summed E-state index contributed by atoms with van der Waals surface area (Å²) >= 11 is 1.78. The van der Waals surface area contributed by atoms with Gasteiger partial charge < -0.3 is 5.11 Å². The molecular formula is C11H10FN3O2S. The molecule has 1 unspecified atom stereocenters. The second kappa shape index (κ2) is 4.24. The molecule has 1 aromatic carbocycles. The van der Waals surface area contributed by atoms with Gasteiger partial charge in [0, 0.05) is 5.75 Å². The van der Waals surface area contributed by atoms with Crippen molar-refractivity contribution < 1.29 is 14.3 Å². The lowest BCUT2D eigenvalue weighted by Crippen LogP contribution is -2.13. The van der Waals surface area contributed by atoms with Crippen LogP contribution in [0.4, 0.5) is 4.39 Å². The first-order valence-electron chi connectivity index (χ1n) is 5.53. The Balaban J connectivity index is 2.26. The molecule has 0 aliphatic carbocycles. The molecule has 1 aliphatic rings. The van der Waals surface area contributed by atoms with Crippen LogP contribution in [0.2, 0.25) is 0 Å². The van der Waals surface area contributed by atoms with Gasteiger partial charge in [0.05, 0.1) is 6.04 Å². The number of aromatic carboxylic acids is 1. The third kappa shape index (κ3) is 1.66. The number of carboxylic acids is 1. The van der Waals surface area contributed by atoms with E-state index in [1.165, 1.54) is 6.07 Å². The van der Waals surface area contributed by atoms with Gasteiger partial charge in [0.2, 0.25) is 0 Å². The lowest BCUT2D eigenvalue weighted by molar-refractivity contribution is 0.0693. The Morgan fingerprint density at radius 3 is 3.06 bits per heavy atom. The molecule has 1 atom stereocenters. The second-order valence-electron chi connectivity index (χ2n) is 4.15. The van der Waals surface area contributed by atoms with E-state index in [4.69, 9.17) is 5.11 Å². The Morgan fingerprint density at radius 2 is 2.39 bits per heavy atom. The van der Waals surface area contributed by atoms with Gasteiger partial charge in [0.25, 0.3) is 0 Å². The van der Waals surface area contributed by atoms with E-state index in [1.807, 2.05) is 0 Å². The first kappa shape index (κ1) is 11.5. The van der Waals surface area contributed by atoms with Crippen molar-refractivity contribution in [3.05, 3.63) is 23.5 Å². The smallest absolute Gasteiger partial charge is 0.340 e. The summed E-state index contributed by atoms with van der Waals surface area (Å²) in [7, 11) is 0. The number of rotatable bonds is 2. The van der Waals surface area contributed by atoms with Crippen LogP contribution >= 0.6 is 11.8 Å². The highest BCUT2D eigenvalue weighted by Crippen LogP contribution is 2.31. The monoisotopic (exact) mass is 267 g/mol. The quantitative estimate of drug-likeness (QED) is 0.900. The van der Waals surface area contributed by atoms with Crippen LogP contribution in [0, 0.1) is 5.82 Å². The van der Waals surface area contributed by atoms with Crippen molar-refractivity contribution in [3.8, 4) is 0 Å². The first-order valence-corrected chi connectivity index (χ1v) is 6.68. The summed E-state index contributed by atoms with van der Waals surface area (Å²) in [4.78, 5) is 11.2. The fourth-order valence-electron chi connectivity index (χ4n) is 2.18. The van der Waals surface area contributed by atoms with Crippen molar-refractivity contribution in [2.45, 2.75) is 12.5 Å². The number of hydrogen-bond donors (Lipinski definition) is 1. The Labute approximate surface area is 106 Å². The van der Waals surface area contributed by atoms with E-state index in [-0.39, 0.29) is 17.1 Å². The summed E-state index contributed by atoms with van der Waals surface area (Å²) in [5.41, 5.74) is 0.370. The number of aromatic nitrogens is 3. The Bertz CT molecular complexity index is 622. The minimum Gasteiger partial charge on any atom is -0.478 e. The van der Waals surface area contributed by atoms with Crippen molar-refractivity contribution in [2.75, 3.05) is 11.5 Å². The molecule has 1 aromatic heterocycles. The zero-order valence-corrected chi connectivity index (χ0v) is 10.2. The maximum Gasteiger partial charge on any atom is 0.340 e. The number of hydrogen-bond acceptors (Lipinski definition) is 4. The highest BCUT2D eigenvalue weighted by Gasteiger charge is 2.25. The van der Waals surface area contributed by atoms with Crippen LogP contribution in [0.5, 0.6) is 0 Å². The lowest BCUT2D eigenvalue weighted by atomic mass is 10.1. The van der Waals surface area contributed by atoms with Crippen LogP contribution < -0.4 is 0 Å². The molecule has 18 heavy (non-hydrogen) atoms. The van der Waals surface area contributed by atoms with E-state index in [9.17, 15) is 9.18 Å². The van der Waals surface area contributed by atoms with Gasteiger partial charge in [0.1, 0.15) is 22.4 Å². The van der Waals surface area contributed by atoms with Gasteiger partial charge in [0.15, 0.2) is 0 Å². The van der Waals surface area contributed by atoms with Gasteiger partial charge in [-0.05, 0) is 24.3 Å². The highest BCUT2D eigenvalue weighted by atomic mass is 32.2. The number of benzene rings is 1. The molecule has 7 heteroatoms. The first-order chi connectivity index (χ1) is 8.68. The topological polar surface area (TPSA) is 68.0 Å². The average Bonchev–Trinajstić information content (AvgIpc) is 2.95. The van der Waals surface area contributed by atoms with Gasteiger partial charge in [-0.15, -0.1) is 5.10 Å². The minimum absolute atomic E-state index is 0.0971. The number of thioether (sulfide) groups is 1. The van der Waals surface area contributed by atoms with Crippen molar-refractivity contribution in [2.24, 2.45) is 0 Å². The Kier molecular flexibility index (Phi) is 2.70. The summed E-state index contributed by atoms with van der Waals surface area (Å²) in [6.07, 6.45) is 0.901. The van der Waals surface area contributed by atoms with E-state index >= 15 is 0 Å². The van der Waals surface area contributed by atoms with Crippen LogP contribution in [0.25, 0.3) is 11.0 Å². The van der Waals surface area contributed by atoms with Crippen LogP contribution in [-0.4, -0.2) is 37.6 Å². The molecule has 1 aliphatic heterocycles. The highest BCUT2D eigenvalue weighted by molar-refractivity contribution is 7.99. The fourth-order valence-corrected chi connectivity index (χ4v) is 3.37. The summed E-state index contributed by atoms with van der Waals surface area (Å²) in [5.74, 6) is -0.172. The number of nitrogens with zero attached hydrogens (tertiary/aromatic N) is 3. The van der Waals surface area contributed by atoms with E-state index in [0.717, 1.165) is 24.0 Å². The normalized spacial score (nSPS) is 19.5. The number of halogens is 1. The molecule has 5 nitrogen and oxygen atoms in total. The SMILES string of the molecule is O=C(O)c1c(F)ccc2nnn(C3CCSC3)c12. The molecule has 2 aromatic rings. The zero-order valence-electron chi connectivity index (χ0n) is 9.34. The standard InChI is InChI=1S/C11H10FN3O2S/c12-7-1-2-8-10(9(7)11(16)17)15(14-13-8)6-3-4-18-5-6/h1-2,6H,3-5H2,(H,16,17). The molecule has 0 radical (unpaired) electrons. The van der Waals surface area contributed by atoms with Gasteiger partial charge in [-0.25, -0.2) is 13.9 Å². The summed E-state index contributed by atoms with van der Waals surface area (Å²) in [6, 6.07) is 2.68. The Morgan fingerprint density at radius 1 is 1.56 bits per heavy atom. The number of carbonyl (C=O) groups is 1. The molecule has 3 rings (SSSR count). The molecular weight excluding hydrogens is 257 g/mol. The van der Waals surface area contributed by atoms with Crippen LogP contribution in [0.15, 0.2) is 12.1 Å². The molecule has 1 saturated heterocycles. The molecule has 0 saturated carbocycles. The molecule has 1 fully saturated rings. The second-order valence-corrected chi connectivity index (χ2v) is 5.30. The lowest BCUT2D eigenvalue weighted by Gasteiger charge is -2.10. The van der Waals surface area contributed by atoms with E-state index in [0.29, 0.717) is 5.52 Å². The molecule has 94 valence electrons. The van der Waals surface area contributed by atoms with Crippen LogP contribution in [-0.2, 0) is 0 Å². The number of fused-ring (bicyclic) bond motifs is 1. The molecule has 2 heterocycles. The summed E-state index contributed by atoms with van der Waals surface area (Å²) in [5, 5.41) is 17.0. The zero-order chi connectivity index (χ0) is 12.7. The Hall–Kier alpha value is -1.63. The van der Waals surface area contributed by atoms with E-state index in [1.54, 1.807) is 16.4 Å². The van der Waals surface area contributed by atoms with Crippen molar-refractivity contribution in [1.82, 2.24) is 15.0 Å². The predicted molar refractivity (Wildman–Crippen MR) is 65.4 cm³/mol. The van der Waals surface area contributed by atoms with Crippen molar-refractivity contribution in [3.63, 3.8) is 0 Å². The van der Waals surface area contributed by atoms with E-state index < -0.39 is 11.8 Å². The summed E-state index contributed by atoms with van der Waals surface area (Å²) < 4.78 is 15.2. The number of carboxylic acid groups (broad SMARTS) is 1. The van der Waals surface area contributed by atoms with Gasteiger partial charge >= 0.3 is 5.97 Å². The predicted octanol–water partition coefficient (Wildman–Crippen LogP) is 1.95. The maximum atomic E-state index is 13.7. The van der Waals surface area contributed by atoms with Gasteiger partial charge in [-0.1, -0.05) is 5.21 Å². The third-order valence-corrected chi connectivity index (χ3v) is 4.19. The molecule has 0 bridgehead atoms. The largest absolute Gasteiger partial charge is 0.478 e. The molecule has 0 spiro atoms. The fraction of sp³-hybridized carbons (Fsp3) is 0.364. The minimum atomic E-state index is -1.28. The van der Waals surface area contributed by atoms with Gasteiger partial charge in [-0.3, -0.25) is 0 Å². The van der Waals surface area contributed by atoms with E-state index in [2.05, 4.69) is 10.3 Å². The van der Waals surface area contributed by atoms with Crippen molar-refractivity contribution in [1.29, 1.82) is 0 Å². The molecule has 0 amide bonds. The maximum absolute atomic E-state index is 13.7. The van der Waals surface area contributed by atoms with Crippen molar-refractivity contribution >= 4 is 28.8 Å². The average molecular weight is 267 g/mol. The molecule has 1 N–H and O–H groups in total.